The highest BCUT2D eigenvalue weighted by molar-refractivity contribution is 6.35. The number of aromatic nitrogens is 1. The van der Waals surface area contributed by atoms with Crippen LogP contribution in [0.5, 0.6) is 0 Å². The molecule has 12 heavy (non-hydrogen) atoms. The quantitative estimate of drug-likeness (QED) is 0.659. The van der Waals surface area contributed by atoms with E-state index in [1.165, 1.54) is 0 Å². The van der Waals surface area contributed by atoms with Crippen LogP contribution in [0.25, 0.3) is 10.9 Å². The number of H-pyrrole nitrogens is 1. The molecule has 0 unspecified atom stereocenters. The van der Waals surface area contributed by atoms with Gasteiger partial charge in [-0.3, -0.25) is 0 Å². The average Bonchev–Trinajstić information content (AvgIpc) is 2.54. The van der Waals surface area contributed by atoms with Crippen LogP contribution in [0.15, 0.2) is 24.4 Å². The molecule has 1 N–H and O–H groups in total. The van der Waals surface area contributed by atoms with Crippen molar-refractivity contribution >= 4 is 22.5 Å². The monoisotopic (exact) mass is 176 g/mol. The molecule has 0 saturated heterocycles. The van der Waals surface area contributed by atoms with Crippen molar-refractivity contribution in [2.24, 2.45) is 0 Å². The molecule has 1 aromatic carbocycles. The molecule has 2 nitrogen and oxygen atoms in total. The summed E-state index contributed by atoms with van der Waals surface area (Å²) in [6, 6.07) is 7.39. The molecule has 0 bridgehead atoms. The molecular weight excluding hydrogens is 172 g/mol. The fourth-order valence-electron chi connectivity index (χ4n) is 1.22. The Balaban J connectivity index is 2.94. The van der Waals surface area contributed by atoms with Gasteiger partial charge in [0.1, 0.15) is 0 Å². The van der Waals surface area contributed by atoms with E-state index in [9.17, 15) is 0 Å². The maximum Gasteiger partial charge on any atom is 0.0998 e. The van der Waals surface area contributed by atoms with Gasteiger partial charge in [-0.2, -0.15) is 5.26 Å². The summed E-state index contributed by atoms with van der Waals surface area (Å²) in [5.41, 5.74) is 1.48. The van der Waals surface area contributed by atoms with E-state index in [0.29, 0.717) is 10.6 Å². The van der Waals surface area contributed by atoms with Gasteiger partial charge in [0.15, 0.2) is 0 Å². The highest BCUT2D eigenvalue weighted by Gasteiger charge is 2.03. The Morgan fingerprint density at radius 3 is 2.92 bits per heavy atom. The summed E-state index contributed by atoms with van der Waals surface area (Å²) in [7, 11) is 0. The first-order chi connectivity index (χ1) is 5.83. The first-order valence-electron chi connectivity index (χ1n) is 3.48. The Morgan fingerprint density at radius 1 is 1.33 bits per heavy atom. The first-order valence-corrected chi connectivity index (χ1v) is 3.86. The van der Waals surface area contributed by atoms with Crippen molar-refractivity contribution in [2.45, 2.75) is 0 Å². The number of aromatic amines is 1. The Morgan fingerprint density at radius 2 is 2.17 bits per heavy atom. The van der Waals surface area contributed by atoms with E-state index in [0.717, 1.165) is 10.9 Å². The lowest BCUT2D eigenvalue weighted by molar-refractivity contribution is 1.47. The zero-order valence-electron chi connectivity index (χ0n) is 6.13. The minimum Gasteiger partial charge on any atom is -0.360 e. The predicted octanol–water partition coefficient (Wildman–Crippen LogP) is 2.69. The second-order valence-electron chi connectivity index (χ2n) is 2.47. The Bertz CT molecular complexity index is 465. The van der Waals surface area contributed by atoms with E-state index >= 15 is 0 Å². The molecule has 0 aliphatic carbocycles. The molecule has 2 rings (SSSR count). The molecule has 1 aromatic heterocycles. The molecule has 2 aromatic rings. The molecule has 1 heterocycles. The van der Waals surface area contributed by atoms with Crippen LogP contribution >= 0.6 is 11.6 Å². The van der Waals surface area contributed by atoms with Gasteiger partial charge < -0.3 is 4.98 Å². The van der Waals surface area contributed by atoms with Crippen LogP contribution in [0.2, 0.25) is 5.02 Å². The van der Waals surface area contributed by atoms with Crippen molar-refractivity contribution in [3.63, 3.8) is 0 Å². The van der Waals surface area contributed by atoms with Crippen LogP contribution < -0.4 is 0 Å². The van der Waals surface area contributed by atoms with Gasteiger partial charge in [0, 0.05) is 11.6 Å². The van der Waals surface area contributed by atoms with E-state index < -0.39 is 0 Å². The summed E-state index contributed by atoms with van der Waals surface area (Å²) in [4.78, 5) is 2.98. The molecule has 0 fully saturated rings. The third kappa shape index (κ3) is 0.876. The molecule has 0 aliphatic rings. The van der Waals surface area contributed by atoms with Gasteiger partial charge in [0.05, 0.1) is 22.2 Å². The van der Waals surface area contributed by atoms with Gasteiger partial charge in [-0.25, -0.2) is 0 Å². The number of nitrogens with zero attached hydrogens (tertiary/aromatic N) is 1. The third-order valence-electron chi connectivity index (χ3n) is 1.79. The zero-order valence-corrected chi connectivity index (χ0v) is 6.89. The van der Waals surface area contributed by atoms with E-state index in [4.69, 9.17) is 16.9 Å². The topological polar surface area (TPSA) is 39.6 Å². The lowest BCUT2D eigenvalue weighted by Gasteiger charge is -1.94. The highest BCUT2D eigenvalue weighted by atomic mass is 35.5. The predicted molar refractivity (Wildman–Crippen MR) is 48.0 cm³/mol. The van der Waals surface area contributed by atoms with E-state index in [-0.39, 0.29) is 0 Å². The minimum atomic E-state index is 0.647. The van der Waals surface area contributed by atoms with Gasteiger partial charge >= 0.3 is 0 Å². The van der Waals surface area contributed by atoms with Crippen LogP contribution in [0.4, 0.5) is 0 Å². The normalized spacial score (nSPS) is 10.0. The second-order valence-corrected chi connectivity index (χ2v) is 2.88. The lowest BCUT2D eigenvalue weighted by Crippen LogP contribution is -1.76. The SMILES string of the molecule is N#Cc1ccc(Cl)c2[nH]ccc12. The number of nitrogens with one attached hydrogen (secondary N) is 1. The van der Waals surface area contributed by atoms with Crippen molar-refractivity contribution in [1.82, 2.24) is 4.98 Å². The van der Waals surface area contributed by atoms with E-state index in [2.05, 4.69) is 11.1 Å². The van der Waals surface area contributed by atoms with Gasteiger partial charge in [-0.1, -0.05) is 11.6 Å². The van der Waals surface area contributed by atoms with Crippen LogP contribution in [-0.4, -0.2) is 4.98 Å². The van der Waals surface area contributed by atoms with E-state index in [1.807, 2.05) is 6.07 Å². The van der Waals surface area contributed by atoms with Crippen molar-refractivity contribution in [3.8, 4) is 6.07 Å². The maximum absolute atomic E-state index is 8.74. The molecule has 0 spiro atoms. The summed E-state index contributed by atoms with van der Waals surface area (Å²) in [5.74, 6) is 0. The highest BCUT2D eigenvalue weighted by Crippen LogP contribution is 2.24. The van der Waals surface area contributed by atoms with Crippen molar-refractivity contribution in [1.29, 1.82) is 5.26 Å². The summed E-state index contributed by atoms with van der Waals surface area (Å²) < 4.78 is 0. The van der Waals surface area contributed by atoms with Gasteiger partial charge in [-0.05, 0) is 18.2 Å². The average molecular weight is 177 g/mol. The maximum atomic E-state index is 8.74. The van der Waals surface area contributed by atoms with Crippen molar-refractivity contribution in [2.75, 3.05) is 0 Å². The van der Waals surface area contributed by atoms with Gasteiger partial charge in [-0.15, -0.1) is 0 Å². The number of hydrogen-bond acceptors (Lipinski definition) is 1. The smallest absolute Gasteiger partial charge is 0.0998 e. The van der Waals surface area contributed by atoms with Crippen molar-refractivity contribution < 1.29 is 0 Å². The van der Waals surface area contributed by atoms with Crippen LogP contribution in [0.3, 0.4) is 0 Å². The number of rotatable bonds is 0. The number of hydrogen-bond donors (Lipinski definition) is 1. The van der Waals surface area contributed by atoms with Gasteiger partial charge in [0.2, 0.25) is 0 Å². The summed E-state index contributed by atoms with van der Waals surface area (Å²) in [6.45, 7) is 0. The number of benzene rings is 1. The summed E-state index contributed by atoms with van der Waals surface area (Å²) >= 11 is 5.89. The lowest BCUT2D eigenvalue weighted by atomic mass is 10.1. The molecule has 58 valence electrons. The Hall–Kier alpha value is -1.46. The number of nitriles is 1. The number of fused-ring (bicyclic) bond motifs is 1. The van der Waals surface area contributed by atoms with E-state index in [1.54, 1.807) is 18.3 Å². The largest absolute Gasteiger partial charge is 0.360 e. The van der Waals surface area contributed by atoms with Crippen LogP contribution in [0.1, 0.15) is 5.56 Å². The Kier molecular flexibility index (Phi) is 1.53. The van der Waals surface area contributed by atoms with Crippen LogP contribution in [-0.2, 0) is 0 Å². The van der Waals surface area contributed by atoms with Gasteiger partial charge in [0.25, 0.3) is 0 Å². The second kappa shape index (κ2) is 2.54. The first kappa shape index (κ1) is 7.20. The summed E-state index contributed by atoms with van der Waals surface area (Å²) in [5, 5.41) is 10.3. The molecule has 0 amide bonds. The third-order valence-corrected chi connectivity index (χ3v) is 2.11. The molecule has 0 aliphatic heterocycles. The Labute approximate surface area is 74.4 Å². The minimum absolute atomic E-state index is 0.647. The molecular formula is C9H5ClN2. The zero-order chi connectivity index (χ0) is 8.55. The molecule has 0 atom stereocenters. The standard InChI is InChI=1S/C9H5ClN2/c10-8-2-1-6(5-11)7-3-4-12-9(7)8/h1-4,12H. The molecule has 0 saturated carbocycles. The number of halogens is 1. The molecule has 3 heteroatoms. The molecule has 0 radical (unpaired) electrons. The summed E-state index contributed by atoms with van der Waals surface area (Å²) in [6.07, 6.45) is 1.78. The fraction of sp³-hybridized carbons (Fsp3) is 0. The van der Waals surface area contributed by atoms with Crippen LogP contribution in [0, 0.1) is 11.3 Å². The van der Waals surface area contributed by atoms with Crippen molar-refractivity contribution in [3.05, 3.63) is 35.0 Å². The fourth-order valence-corrected chi connectivity index (χ4v) is 1.44.